The second-order valence-electron chi connectivity index (χ2n) is 4.16. The molecule has 0 bridgehead atoms. The van der Waals surface area contributed by atoms with E-state index in [0.29, 0.717) is 12.2 Å². The zero-order chi connectivity index (χ0) is 11.7. The van der Waals surface area contributed by atoms with Crippen LogP contribution >= 0.6 is 0 Å². The monoisotopic (exact) mass is 228 g/mol. The van der Waals surface area contributed by atoms with Crippen LogP contribution in [0.5, 0.6) is 11.7 Å². The quantitative estimate of drug-likeness (QED) is 0.756. The Bertz CT molecular complexity index is 554. The number of carbonyl (C=O) groups is 1. The van der Waals surface area contributed by atoms with Crippen LogP contribution in [0.2, 0.25) is 0 Å². The van der Waals surface area contributed by atoms with Gasteiger partial charge in [0.05, 0.1) is 0 Å². The number of carbonyl (C=O) groups excluding carboxylic acids is 1. The van der Waals surface area contributed by atoms with E-state index < -0.39 is 0 Å². The van der Waals surface area contributed by atoms with Crippen LogP contribution in [0, 0.1) is 0 Å². The molecule has 0 fully saturated rings. The molecule has 0 spiro atoms. The summed E-state index contributed by atoms with van der Waals surface area (Å²) in [5, 5.41) is 0. The number of rotatable bonds is 3. The Hall–Kier alpha value is -2.03. The molecule has 0 saturated carbocycles. The van der Waals surface area contributed by atoms with E-state index in [4.69, 9.17) is 9.15 Å². The van der Waals surface area contributed by atoms with Crippen LogP contribution in [-0.2, 0) is 12.8 Å². The summed E-state index contributed by atoms with van der Waals surface area (Å²) >= 11 is 0. The minimum absolute atomic E-state index is 0.279. The van der Waals surface area contributed by atoms with Crippen LogP contribution in [0.4, 0.5) is 0 Å². The molecule has 1 aliphatic rings. The van der Waals surface area contributed by atoms with Crippen LogP contribution in [0.25, 0.3) is 0 Å². The van der Waals surface area contributed by atoms with Crippen LogP contribution in [0.1, 0.15) is 28.1 Å². The number of aldehydes is 1. The number of aryl methyl sites for hydroxylation is 2. The molecule has 3 rings (SSSR count). The average molecular weight is 228 g/mol. The van der Waals surface area contributed by atoms with Crippen LogP contribution in [0.3, 0.4) is 0 Å². The first-order valence-electron chi connectivity index (χ1n) is 5.70. The molecule has 17 heavy (non-hydrogen) atoms. The fraction of sp³-hybridized carbons (Fsp3) is 0.214. The van der Waals surface area contributed by atoms with Crippen molar-refractivity contribution < 1.29 is 13.9 Å². The van der Waals surface area contributed by atoms with Crippen molar-refractivity contribution in [2.75, 3.05) is 0 Å². The lowest BCUT2D eigenvalue weighted by atomic mass is 10.1. The van der Waals surface area contributed by atoms with Crippen molar-refractivity contribution in [1.82, 2.24) is 0 Å². The van der Waals surface area contributed by atoms with Crippen molar-refractivity contribution >= 4 is 6.29 Å². The summed E-state index contributed by atoms with van der Waals surface area (Å²) in [6.07, 6.45) is 4.15. The van der Waals surface area contributed by atoms with Gasteiger partial charge in [0.1, 0.15) is 5.75 Å². The first-order valence-corrected chi connectivity index (χ1v) is 5.70. The van der Waals surface area contributed by atoms with Crippen molar-refractivity contribution in [2.24, 2.45) is 0 Å². The Morgan fingerprint density at radius 2 is 2.00 bits per heavy atom. The summed E-state index contributed by atoms with van der Waals surface area (Å²) < 4.78 is 10.7. The molecule has 1 aromatic heterocycles. The van der Waals surface area contributed by atoms with Gasteiger partial charge in [-0.15, -0.1) is 0 Å². The van der Waals surface area contributed by atoms with Crippen molar-refractivity contribution in [2.45, 2.75) is 19.3 Å². The zero-order valence-electron chi connectivity index (χ0n) is 9.31. The second kappa shape index (κ2) is 4.09. The largest absolute Gasteiger partial charge is 0.426 e. The van der Waals surface area contributed by atoms with Gasteiger partial charge in [-0.1, -0.05) is 6.07 Å². The van der Waals surface area contributed by atoms with Gasteiger partial charge in [0, 0.05) is 6.07 Å². The van der Waals surface area contributed by atoms with Gasteiger partial charge in [-0.3, -0.25) is 4.79 Å². The Kier molecular flexibility index (Phi) is 2.44. The van der Waals surface area contributed by atoms with E-state index in [0.717, 1.165) is 18.6 Å². The third kappa shape index (κ3) is 1.96. The van der Waals surface area contributed by atoms with E-state index in [1.165, 1.54) is 17.5 Å². The van der Waals surface area contributed by atoms with Gasteiger partial charge < -0.3 is 9.15 Å². The predicted molar refractivity (Wildman–Crippen MR) is 62.6 cm³/mol. The maximum Gasteiger partial charge on any atom is 0.290 e. The third-order valence-corrected chi connectivity index (χ3v) is 3.01. The number of fused-ring (bicyclic) bond motifs is 1. The first kappa shape index (κ1) is 10.1. The molecule has 0 aliphatic heterocycles. The highest BCUT2D eigenvalue weighted by molar-refractivity contribution is 5.70. The van der Waals surface area contributed by atoms with Gasteiger partial charge in [-0.05, 0) is 48.6 Å². The lowest BCUT2D eigenvalue weighted by molar-refractivity contribution is 0.109. The molecule has 0 amide bonds. The highest BCUT2D eigenvalue weighted by Crippen LogP contribution is 2.29. The smallest absolute Gasteiger partial charge is 0.290 e. The van der Waals surface area contributed by atoms with E-state index in [-0.39, 0.29) is 5.76 Å². The second-order valence-corrected chi connectivity index (χ2v) is 4.16. The van der Waals surface area contributed by atoms with E-state index in [2.05, 4.69) is 6.07 Å². The Morgan fingerprint density at radius 3 is 2.82 bits per heavy atom. The summed E-state index contributed by atoms with van der Waals surface area (Å²) in [6.45, 7) is 0. The van der Waals surface area contributed by atoms with Gasteiger partial charge in [-0.25, -0.2) is 0 Å². The Morgan fingerprint density at radius 1 is 1.12 bits per heavy atom. The Balaban J connectivity index is 1.83. The lowest BCUT2D eigenvalue weighted by Crippen LogP contribution is -1.86. The van der Waals surface area contributed by atoms with Gasteiger partial charge in [0.2, 0.25) is 0 Å². The number of benzene rings is 1. The molecular weight excluding hydrogens is 216 g/mol. The third-order valence-electron chi connectivity index (χ3n) is 3.01. The van der Waals surface area contributed by atoms with E-state index in [1.54, 1.807) is 12.1 Å². The predicted octanol–water partition coefficient (Wildman–Crippen LogP) is 3.37. The first-order chi connectivity index (χ1) is 8.35. The molecule has 1 aliphatic carbocycles. The standard InChI is InChI=1S/C14H12O3/c15-9-13-6-7-14(17-13)16-12-5-4-10-2-1-3-11(10)8-12/h4-9H,1-3H2. The maximum atomic E-state index is 10.5. The van der Waals surface area contributed by atoms with Crippen molar-refractivity contribution in [3.8, 4) is 11.7 Å². The number of ether oxygens (including phenoxy) is 1. The van der Waals surface area contributed by atoms with Gasteiger partial charge in [0.25, 0.3) is 5.95 Å². The molecule has 0 N–H and O–H groups in total. The molecule has 0 unspecified atom stereocenters. The summed E-state index contributed by atoms with van der Waals surface area (Å²) in [5.41, 5.74) is 2.76. The Labute approximate surface area is 99.0 Å². The zero-order valence-corrected chi connectivity index (χ0v) is 9.31. The van der Waals surface area contributed by atoms with Crippen molar-refractivity contribution in [3.05, 3.63) is 47.2 Å². The molecule has 86 valence electrons. The molecular formula is C14H12O3. The van der Waals surface area contributed by atoms with Gasteiger partial charge in [-0.2, -0.15) is 0 Å². The maximum absolute atomic E-state index is 10.5. The molecule has 0 atom stereocenters. The highest BCUT2D eigenvalue weighted by atomic mass is 16.6. The fourth-order valence-corrected chi connectivity index (χ4v) is 2.18. The minimum Gasteiger partial charge on any atom is -0.426 e. The molecule has 1 heterocycles. The SMILES string of the molecule is O=Cc1ccc(Oc2ccc3c(c2)CCC3)o1. The van der Waals surface area contributed by atoms with Gasteiger partial charge >= 0.3 is 0 Å². The van der Waals surface area contributed by atoms with Gasteiger partial charge in [0.15, 0.2) is 12.0 Å². The summed E-state index contributed by atoms with van der Waals surface area (Å²) in [6, 6.07) is 9.33. The topological polar surface area (TPSA) is 39.4 Å². The fourth-order valence-electron chi connectivity index (χ4n) is 2.18. The van der Waals surface area contributed by atoms with Crippen LogP contribution < -0.4 is 4.74 Å². The number of hydrogen-bond donors (Lipinski definition) is 0. The normalized spacial score (nSPS) is 13.4. The number of hydrogen-bond acceptors (Lipinski definition) is 3. The summed E-state index contributed by atoms with van der Waals surface area (Å²) in [7, 11) is 0. The minimum atomic E-state index is 0.279. The molecule has 0 radical (unpaired) electrons. The average Bonchev–Trinajstić information content (AvgIpc) is 2.96. The summed E-state index contributed by atoms with van der Waals surface area (Å²) in [5.74, 6) is 1.39. The van der Waals surface area contributed by atoms with Crippen LogP contribution in [0.15, 0.2) is 34.7 Å². The summed E-state index contributed by atoms with van der Waals surface area (Å²) in [4.78, 5) is 10.5. The van der Waals surface area contributed by atoms with E-state index >= 15 is 0 Å². The molecule has 2 aromatic rings. The molecule has 3 nitrogen and oxygen atoms in total. The lowest BCUT2D eigenvalue weighted by Gasteiger charge is -2.04. The molecule has 1 aromatic carbocycles. The number of furan rings is 1. The van der Waals surface area contributed by atoms with E-state index in [9.17, 15) is 4.79 Å². The van der Waals surface area contributed by atoms with Crippen molar-refractivity contribution in [3.63, 3.8) is 0 Å². The van der Waals surface area contributed by atoms with Crippen LogP contribution in [-0.4, -0.2) is 6.29 Å². The molecule has 3 heteroatoms. The van der Waals surface area contributed by atoms with E-state index in [1.807, 2.05) is 12.1 Å². The molecule has 0 saturated heterocycles. The highest BCUT2D eigenvalue weighted by Gasteiger charge is 2.12. The van der Waals surface area contributed by atoms with Crippen molar-refractivity contribution in [1.29, 1.82) is 0 Å².